The molecule has 1 saturated carbocycles. The van der Waals surface area contributed by atoms with E-state index in [2.05, 4.69) is 10.6 Å². The molecular formula is C16H21N3O5. The summed E-state index contributed by atoms with van der Waals surface area (Å²) >= 11 is 0. The van der Waals surface area contributed by atoms with Crippen LogP contribution in [-0.2, 0) is 4.79 Å². The highest BCUT2D eigenvalue weighted by molar-refractivity contribution is 5.97. The molecule has 0 spiro atoms. The Morgan fingerprint density at radius 3 is 2.58 bits per heavy atom. The minimum Gasteiger partial charge on any atom is -0.480 e. The molecule has 8 heteroatoms. The summed E-state index contributed by atoms with van der Waals surface area (Å²) in [6.07, 6.45) is 2.52. The minimum absolute atomic E-state index is 0.0672. The summed E-state index contributed by atoms with van der Waals surface area (Å²) in [7, 11) is 0. The van der Waals surface area contributed by atoms with Crippen LogP contribution in [0.4, 0.5) is 11.4 Å². The molecule has 8 nitrogen and oxygen atoms in total. The number of hydrogen-bond acceptors (Lipinski definition) is 5. The second-order valence-corrected chi connectivity index (χ2v) is 6.08. The highest BCUT2D eigenvalue weighted by Gasteiger charge is 2.28. The molecule has 1 amide bonds. The van der Waals surface area contributed by atoms with Gasteiger partial charge in [0.25, 0.3) is 11.6 Å². The smallest absolute Gasteiger partial charge is 0.326 e. The molecule has 0 bridgehead atoms. The van der Waals surface area contributed by atoms with E-state index in [1.165, 1.54) is 18.2 Å². The van der Waals surface area contributed by atoms with E-state index >= 15 is 0 Å². The van der Waals surface area contributed by atoms with E-state index in [4.69, 9.17) is 0 Å². The van der Waals surface area contributed by atoms with Gasteiger partial charge in [-0.2, -0.15) is 0 Å². The van der Waals surface area contributed by atoms with Crippen LogP contribution in [0.3, 0.4) is 0 Å². The number of nitrogens with one attached hydrogen (secondary N) is 2. The van der Waals surface area contributed by atoms with E-state index in [9.17, 15) is 24.8 Å². The fraction of sp³-hybridized carbons (Fsp3) is 0.500. The van der Waals surface area contributed by atoms with Crippen LogP contribution >= 0.6 is 0 Å². The van der Waals surface area contributed by atoms with Crippen LogP contribution in [0.15, 0.2) is 18.2 Å². The summed E-state index contributed by atoms with van der Waals surface area (Å²) in [4.78, 5) is 34.2. The van der Waals surface area contributed by atoms with Crippen molar-refractivity contribution in [3.63, 3.8) is 0 Å². The predicted octanol–water partition coefficient (Wildman–Crippen LogP) is 2.40. The topological polar surface area (TPSA) is 122 Å². The number of carbonyl (C=O) groups is 2. The van der Waals surface area contributed by atoms with Crippen LogP contribution in [0.2, 0.25) is 0 Å². The van der Waals surface area contributed by atoms with Gasteiger partial charge in [0, 0.05) is 17.7 Å². The average molecular weight is 335 g/mol. The number of benzene rings is 1. The SMILES string of the molecule is CC[C@H](C)[C@H](NC(=O)c1ccc(NC2CC2)c([N+](=O)[O-])c1)C(=O)O. The van der Waals surface area contributed by atoms with Gasteiger partial charge in [0.2, 0.25) is 0 Å². The Kier molecular flexibility index (Phi) is 5.38. The van der Waals surface area contributed by atoms with Gasteiger partial charge in [-0.05, 0) is 30.9 Å². The molecular weight excluding hydrogens is 314 g/mol. The number of hydrogen-bond donors (Lipinski definition) is 3. The lowest BCUT2D eigenvalue weighted by Gasteiger charge is -2.20. The lowest BCUT2D eigenvalue weighted by molar-refractivity contribution is -0.384. The molecule has 1 aromatic carbocycles. The van der Waals surface area contributed by atoms with Gasteiger partial charge < -0.3 is 15.7 Å². The van der Waals surface area contributed by atoms with Crippen LogP contribution in [0.5, 0.6) is 0 Å². The first kappa shape index (κ1) is 17.7. The first-order valence-electron chi connectivity index (χ1n) is 7.92. The first-order chi connectivity index (χ1) is 11.3. The van der Waals surface area contributed by atoms with Crippen molar-refractivity contribution < 1.29 is 19.6 Å². The van der Waals surface area contributed by atoms with Gasteiger partial charge in [0.15, 0.2) is 0 Å². The van der Waals surface area contributed by atoms with Gasteiger partial charge in [-0.25, -0.2) is 4.79 Å². The summed E-state index contributed by atoms with van der Waals surface area (Å²) < 4.78 is 0. The second-order valence-electron chi connectivity index (χ2n) is 6.08. The van der Waals surface area contributed by atoms with E-state index in [1.54, 1.807) is 6.92 Å². The fourth-order valence-electron chi connectivity index (χ4n) is 2.30. The summed E-state index contributed by atoms with van der Waals surface area (Å²) in [6, 6.07) is 3.33. The third kappa shape index (κ3) is 4.21. The van der Waals surface area contributed by atoms with Crippen molar-refractivity contribution in [2.45, 2.75) is 45.2 Å². The maximum Gasteiger partial charge on any atom is 0.326 e. The van der Waals surface area contributed by atoms with Crippen molar-refractivity contribution in [1.82, 2.24) is 5.32 Å². The minimum atomic E-state index is -1.13. The number of carboxylic acids is 1. The quantitative estimate of drug-likeness (QED) is 0.495. The molecule has 3 N–H and O–H groups in total. The van der Waals surface area contributed by atoms with E-state index in [0.717, 1.165) is 12.8 Å². The van der Waals surface area contributed by atoms with E-state index in [0.29, 0.717) is 12.1 Å². The van der Waals surface area contributed by atoms with Crippen LogP contribution in [0.25, 0.3) is 0 Å². The summed E-state index contributed by atoms with van der Waals surface area (Å²) in [5, 5.41) is 25.9. The van der Waals surface area contributed by atoms with Gasteiger partial charge >= 0.3 is 5.97 Å². The van der Waals surface area contributed by atoms with E-state index < -0.39 is 22.8 Å². The largest absolute Gasteiger partial charge is 0.480 e. The number of amides is 1. The maximum absolute atomic E-state index is 12.3. The van der Waals surface area contributed by atoms with Crippen molar-refractivity contribution in [1.29, 1.82) is 0 Å². The van der Waals surface area contributed by atoms with Crippen LogP contribution in [-0.4, -0.2) is 34.0 Å². The summed E-state index contributed by atoms with van der Waals surface area (Å²) in [5.41, 5.74) is 0.248. The summed E-state index contributed by atoms with van der Waals surface area (Å²) in [5.74, 6) is -2.01. The highest BCUT2D eigenvalue weighted by Crippen LogP contribution is 2.31. The average Bonchev–Trinajstić information content (AvgIpc) is 3.35. The molecule has 24 heavy (non-hydrogen) atoms. The number of nitro benzene ring substituents is 1. The number of aliphatic carboxylic acids is 1. The molecule has 1 aromatic rings. The molecule has 0 radical (unpaired) electrons. The van der Waals surface area contributed by atoms with Gasteiger partial charge in [0.05, 0.1) is 4.92 Å². The van der Waals surface area contributed by atoms with E-state index in [-0.39, 0.29) is 23.2 Å². The zero-order valence-corrected chi connectivity index (χ0v) is 13.6. The van der Waals surface area contributed by atoms with Crippen molar-refractivity contribution in [3.05, 3.63) is 33.9 Å². The standard InChI is InChI=1S/C16H21N3O5/c1-3-9(2)14(16(21)22)18-15(20)10-4-7-12(17-11-5-6-11)13(8-10)19(23)24/h4,7-9,11,14,17H,3,5-6H2,1-2H3,(H,18,20)(H,21,22)/t9-,14-/m0/s1. The first-order valence-corrected chi connectivity index (χ1v) is 7.92. The Balaban J connectivity index is 2.20. The van der Waals surface area contributed by atoms with Gasteiger partial charge in [0.1, 0.15) is 11.7 Å². The molecule has 1 aliphatic rings. The van der Waals surface area contributed by atoms with Crippen molar-refractivity contribution in [2.24, 2.45) is 5.92 Å². The lowest BCUT2D eigenvalue weighted by atomic mass is 9.99. The fourth-order valence-corrected chi connectivity index (χ4v) is 2.30. The molecule has 1 aliphatic carbocycles. The number of carbonyl (C=O) groups excluding carboxylic acids is 1. The number of nitrogens with zero attached hydrogens (tertiary/aromatic N) is 1. The molecule has 0 unspecified atom stereocenters. The van der Waals surface area contributed by atoms with Crippen molar-refractivity contribution in [3.8, 4) is 0 Å². The Morgan fingerprint density at radius 2 is 2.08 bits per heavy atom. The number of anilines is 1. The third-order valence-electron chi connectivity index (χ3n) is 4.16. The maximum atomic E-state index is 12.3. The predicted molar refractivity (Wildman–Crippen MR) is 88.1 cm³/mol. The Morgan fingerprint density at radius 1 is 1.42 bits per heavy atom. The molecule has 0 aromatic heterocycles. The second kappa shape index (κ2) is 7.29. The van der Waals surface area contributed by atoms with E-state index in [1.807, 2.05) is 6.92 Å². The Bertz CT molecular complexity index is 657. The zero-order valence-electron chi connectivity index (χ0n) is 13.6. The van der Waals surface area contributed by atoms with Crippen LogP contribution in [0, 0.1) is 16.0 Å². The Hall–Kier alpha value is -2.64. The third-order valence-corrected chi connectivity index (χ3v) is 4.16. The zero-order chi connectivity index (χ0) is 17.9. The monoisotopic (exact) mass is 335 g/mol. The normalized spacial score (nSPS) is 16.1. The van der Waals surface area contributed by atoms with Crippen LogP contribution in [0.1, 0.15) is 43.5 Å². The summed E-state index contributed by atoms with van der Waals surface area (Å²) in [6.45, 7) is 3.56. The van der Waals surface area contributed by atoms with Gasteiger partial charge in [-0.3, -0.25) is 14.9 Å². The molecule has 0 heterocycles. The number of rotatable bonds is 8. The molecule has 0 saturated heterocycles. The molecule has 2 atom stereocenters. The number of nitro groups is 1. The van der Waals surface area contributed by atoms with Gasteiger partial charge in [-0.15, -0.1) is 0 Å². The van der Waals surface area contributed by atoms with Crippen molar-refractivity contribution in [2.75, 3.05) is 5.32 Å². The molecule has 130 valence electrons. The molecule has 2 rings (SSSR count). The number of carboxylic acid groups (broad SMARTS) is 1. The molecule has 1 fully saturated rings. The highest BCUT2D eigenvalue weighted by atomic mass is 16.6. The van der Waals surface area contributed by atoms with Crippen LogP contribution < -0.4 is 10.6 Å². The Labute approximate surface area is 139 Å². The van der Waals surface area contributed by atoms with Gasteiger partial charge in [-0.1, -0.05) is 20.3 Å². The van der Waals surface area contributed by atoms with Crippen molar-refractivity contribution >= 4 is 23.3 Å². The lowest BCUT2D eigenvalue weighted by Crippen LogP contribution is -2.45. The molecule has 0 aliphatic heterocycles.